The molecule has 1 atom stereocenters. The SMILES string of the molecule is CCCN1CCC(C(C)NCc2cccc(C#N)c2)CC1. The molecule has 21 heavy (non-hydrogen) atoms. The van der Waals surface area contributed by atoms with Crippen LogP contribution in [0.15, 0.2) is 24.3 Å². The van der Waals surface area contributed by atoms with E-state index in [0.717, 1.165) is 18.0 Å². The van der Waals surface area contributed by atoms with Crippen LogP contribution in [0.5, 0.6) is 0 Å². The summed E-state index contributed by atoms with van der Waals surface area (Å²) in [7, 11) is 0. The number of hydrogen-bond acceptors (Lipinski definition) is 3. The standard InChI is InChI=1S/C18H27N3/c1-3-9-21-10-7-18(8-11-21)15(2)20-14-17-6-4-5-16(12-17)13-19/h4-6,12,15,18,20H,3,7-11,14H2,1-2H3. The number of nitriles is 1. The van der Waals surface area contributed by atoms with E-state index < -0.39 is 0 Å². The molecule has 2 rings (SSSR count). The molecule has 1 fully saturated rings. The van der Waals surface area contributed by atoms with Crippen LogP contribution >= 0.6 is 0 Å². The smallest absolute Gasteiger partial charge is 0.0991 e. The Hall–Kier alpha value is -1.37. The topological polar surface area (TPSA) is 39.1 Å². The van der Waals surface area contributed by atoms with Gasteiger partial charge >= 0.3 is 0 Å². The third-order valence-electron chi connectivity index (χ3n) is 4.56. The van der Waals surface area contributed by atoms with E-state index in [1.807, 2.05) is 18.2 Å². The Kier molecular flexibility index (Phi) is 6.22. The number of nitrogens with zero attached hydrogens (tertiary/aromatic N) is 2. The van der Waals surface area contributed by atoms with Gasteiger partial charge in [-0.1, -0.05) is 19.1 Å². The maximum absolute atomic E-state index is 8.94. The van der Waals surface area contributed by atoms with Crippen molar-refractivity contribution in [3.63, 3.8) is 0 Å². The lowest BCUT2D eigenvalue weighted by atomic mass is 9.90. The molecule has 3 heteroatoms. The average Bonchev–Trinajstić information content (AvgIpc) is 2.54. The van der Waals surface area contributed by atoms with E-state index in [0.29, 0.717) is 6.04 Å². The van der Waals surface area contributed by atoms with Gasteiger partial charge in [-0.15, -0.1) is 0 Å². The zero-order valence-corrected chi connectivity index (χ0v) is 13.3. The summed E-state index contributed by atoms with van der Waals surface area (Å²) in [6, 6.07) is 10.6. The van der Waals surface area contributed by atoms with Crippen molar-refractivity contribution in [2.24, 2.45) is 5.92 Å². The van der Waals surface area contributed by atoms with E-state index in [2.05, 4.69) is 36.2 Å². The van der Waals surface area contributed by atoms with Gasteiger partial charge in [-0.3, -0.25) is 0 Å². The molecule has 1 aromatic carbocycles. The van der Waals surface area contributed by atoms with Gasteiger partial charge in [0.2, 0.25) is 0 Å². The largest absolute Gasteiger partial charge is 0.310 e. The minimum Gasteiger partial charge on any atom is -0.310 e. The number of benzene rings is 1. The molecule has 0 spiro atoms. The first-order chi connectivity index (χ1) is 10.2. The molecule has 1 saturated heterocycles. The zero-order chi connectivity index (χ0) is 15.1. The first-order valence-corrected chi connectivity index (χ1v) is 8.17. The highest BCUT2D eigenvalue weighted by atomic mass is 15.1. The molecule has 0 bridgehead atoms. The van der Waals surface area contributed by atoms with E-state index in [9.17, 15) is 0 Å². The molecule has 114 valence electrons. The fourth-order valence-corrected chi connectivity index (χ4v) is 3.19. The summed E-state index contributed by atoms with van der Waals surface area (Å²) >= 11 is 0. The molecule has 0 saturated carbocycles. The third kappa shape index (κ3) is 4.84. The Morgan fingerprint density at radius 3 is 2.81 bits per heavy atom. The van der Waals surface area contributed by atoms with Crippen molar-refractivity contribution in [3.05, 3.63) is 35.4 Å². The van der Waals surface area contributed by atoms with Gasteiger partial charge in [-0.2, -0.15) is 5.26 Å². The maximum atomic E-state index is 8.94. The summed E-state index contributed by atoms with van der Waals surface area (Å²) < 4.78 is 0. The van der Waals surface area contributed by atoms with Crippen LogP contribution in [0.4, 0.5) is 0 Å². The molecule has 1 aliphatic heterocycles. The molecule has 0 radical (unpaired) electrons. The lowest BCUT2D eigenvalue weighted by Gasteiger charge is -2.35. The fourth-order valence-electron chi connectivity index (χ4n) is 3.19. The summed E-state index contributed by atoms with van der Waals surface area (Å²) in [5.74, 6) is 0.775. The van der Waals surface area contributed by atoms with Gasteiger partial charge in [-0.05, 0) is 69.4 Å². The molecule has 1 unspecified atom stereocenters. The van der Waals surface area contributed by atoms with Crippen LogP contribution < -0.4 is 5.32 Å². The number of hydrogen-bond donors (Lipinski definition) is 1. The van der Waals surface area contributed by atoms with Crippen molar-refractivity contribution in [2.45, 2.75) is 45.7 Å². The van der Waals surface area contributed by atoms with Crippen molar-refractivity contribution < 1.29 is 0 Å². The van der Waals surface area contributed by atoms with Gasteiger partial charge in [-0.25, -0.2) is 0 Å². The maximum Gasteiger partial charge on any atom is 0.0991 e. The molecular weight excluding hydrogens is 258 g/mol. The summed E-state index contributed by atoms with van der Waals surface area (Å²) in [5.41, 5.74) is 1.94. The Morgan fingerprint density at radius 2 is 2.14 bits per heavy atom. The van der Waals surface area contributed by atoms with Crippen LogP contribution in [-0.2, 0) is 6.54 Å². The fraction of sp³-hybridized carbons (Fsp3) is 0.611. The van der Waals surface area contributed by atoms with Gasteiger partial charge in [0.1, 0.15) is 0 Å². The molecule has 1 aliphatic rings. The van der Waals surface area contributed by atoms with Crippen molar-refractivity contribution in [1.29, 1.82) is 5.26 Å². The molecule has 0 amide bonds. The quantitative estimate of drug-likeness (QED) is 0.872. The number of rotatable bonds is 6. The van der Waals surface area contributed by atoms with E-state index in [4.69, 9.17) is 5.26 Å². The number of likely N-dealkylation sites (tertiary alicyclic amines) is 1. The molecular formula is C18H27N3. The van der Waals surface area contributed by atoms with E-state index in [-0.39, 0.29) is 0 Å². The second-order valence-corrected chi connectivity index (χ2v) is 6.16. The van der Waals surface area contributed by atoms with Crippen LogP contribution in [-0.4, -0.2) is 30.6 Å². The molecule has 1 aromatic rings. The van der Waals surface area contributed by atoms with Crippen molar-refractivity contribution in [3.8, 4) is 6.07 Å². The van der Waals surface area contributed by atoms with Gasteiger partial charge in [0.05, 0.1) is 11.6 Å². The third-order valence-corrected chi connectivity index (χ3v) is 4.56. The highest BCUT2D eigenvalue weighted by Crippen LogP contribution is 2.21. The molecule has 3 nitrogen and oxygen atoms in total. The first-order valence-electron chi connectivity index (χ1n) is 8.17. The van der Waals surface area contributed by atoms with Gasteiger partial charge < -0.3 is 10.2 Å². The zero-order valence-electron chi connectivity index (χ0n) is 13.3. The first kappa shape index (κ1) is 16.0. The van der Waals surface area contributed by atoms with Gasteiger partial charge in [0.15, 0.2) is 0 Å². The predicted molar refractivity (Wildman–Crippen MR) is 86.9 cm³/mol. The molecule has 0 aliphatic carbocycles. The van der Waals surface area contributed by atoms with Crippen LogP contribution in [0.3, 0.4) is 0 Å². The van der Waals surface area contributed by atoms with Crippen LogP contribution in [0.2, 0.25) is 0 Å². The monoisotopic (exact) mass is 285 g/mol. The Balaban J connectivity index is 1.77. The highest BCUT2D eigenvalue weighted by molar-refractivity contribution is 5.32. The molecule has 1 heterocycles. The van der Waals surface area contributed by atoms with Gasteiger partial charge in [0.25, 0.3) is 0 Å². The number of piperidine rings is 1. The van der Waals surface area contributed by atoms with Crippen molar-refractivity contribution >= 4 is 0 Å². The minimum atomic E-state index is 0.541. The Bertz CT molecular complexity index is 470. The molecule has 0 aromatic heterocycles. The second-order valence-electron chi connectivity index (χ2n) is 6.16. The molecule has 1 N–H and O–H groups in total. The van der Waals surface area contributed by atoms with E-state index >= 15 is 0 Å². The van der Waals surface area contributed by atoms with Crippen LogP contribution in [0.25, 0.3) is 0 Å². The second kappa shape index (κ2) is 8.17. The van der Waals surface area contributed by atoms with Gasteiger partial charge in [0, 0.05) is 12.6 Å². The Labute approximate surface area is 129 Å². The van der Waals surface area contributed by atoms with Crippen molar-refractivity contribution in [2.75, 3.05) is 19.6 Å². The lowest BCUT2D eigenvalue weighted by molar-refractivity contribution is 0.162. The lowest BCUT2D eigenvalue weighted by Crippen LogP contribution is -2.41. The summed E-state index contributed by atoms with van der Waals surface area (Å²) in [4.78, 5) is 2.58. The summed E-state index contributed by atoms with van der Waals surface area (Å²) in [6.45, 7) is 9.14. The van der Waals surface area contributed by atoms with Crippen LogP contribution in [0.1, 0.15) is 44.2 Å². The van der Waals surface area contributed by atoms with Crippen molar-refractivity contribution in [1.82, 2.24) is 10.2 Å². The Morgan fingerprint density at radius 1 is 1.38 bits per heavy atom. The summed E-state index contributed by atoms with van der Waals surface area (Å²) in [6.07, 6.45) is 3.85. The van der Waals surface area contributed by atoms with Crippen LogP contribution in [0, 0.1) is 17.2 Å². The number of nitrogens with one attached hydrogen (secondary N) is 1. The normalized spacial score (nSPS) is 18.3. The van der Waals surface area contributed by atoms with E-state index in [1.54, 1.807) is 0 Å². The summed E-state index contributed by atoms with van der Waals surface area (Å²) in [5, 5.41) is 12.6. The van der Waals surface area contributed by atoms with E-state index in [1.165, 1.54) is 44.5 Å². The predicted octanol–water partition coefficient (Wildman–Crippen LogP) is 3.16. The minimum absolute atomic E-state index is 0.541. The highest BCUT2D eigenvalue weighted by Gasteiger charge is 2.22. The average molecular weight is 285 g/mol.